The Morgan fingerprint density at radius 2 is 2.04 bits per heavy atom. The van der Waals surface area contributed by atoms with Gasteiger partial charge in [0.15, 0.2) is 5.96 Å². The molecular formula is C18H33N5S. The van der Waals surface area contributed by atoms with E-state index in [2.05, 4.69) is 41.0 Å². The van der Waals surface area contributed by atoms with Crippen molar-refractivity contribution in [3.05, 3.63) is 15.6 Å². The quantitative estimate of drug-likeness (QED) is 0.578. The van der Waals surface area contributed by atoms with Crippen LogP contribution in [0.4, 0.5) is 0 Å². The Labute approximate surface area is 151 Å². The highest BCUT2D eigenvalue weighted by Crippen LogP contribution is 2.27. The van der Waals surface area contributed by atoms with Gasteiger partial charge < -0.3 is 15.1 Å². The summed E-state index contributed by atoms with van der Waals surface area (Å²) < 4.78 is 0. The molecule has 0 bridgehead atoms. The van der Waals surface area contributed by atoms with E-state index in [1.807, 2.05) is 18.4 Å². The van der Waals surface area contributed by atoms with Gasteiger partial charge in [-0.1, -0.05) is 13.8 Å². The number of aliphatic imine (C=N–C) groups is 1. The average molecular weight is 352 g/mol. The SMILES string of the molecule is CCCN(CC)CCNC(=NC)N(C)Cc1nc2c(s1)CCCC2. The van der Waals surface area contributed by atoms with Crippen LogP contribution >= 0.6 is 11.3 Å². The molecule has 0 spiro atoms. The minimum absolute atomic E-state index is 0.837. The Kier molecular flexibility index (Phi) is 7.99. The number of fused-ring (bicyclic) bond motifs is 1. The summed E-state index contributed by atoms with van der Waals surface area (Å²) in [5.74, 6) is 0.954. The summed E-state index contributed by atoms with van der Waals surface area (Å²) in [4.78, 5) is 15.4. The van der Waals surface area contributed by atoms with Crippen LogP contribution < -0.4 is 5.32 Å². The van der Waals surface area contributed by atoms with Crippen molar-refractivity contribution in [2.24, 2.45) is 4.99 Å². The molecule has 1 aliphatic carbocycles. The van der Waals surface area contributed by atoms with E-state index in [-0.39, 0.29) is 0 Å². The standard InChI is InChI=1S/C18H33N5S/c1-5-12-23(6-2)13-11-20-18(19-3)22(4)14-17-21-15-9-7-8-10-16(15)24-17/h5-14H2,1-4H3,(H,19,20). The van der Waals surface area contributed by atoms with Crippen molar-refractivity contribution in [2.75, 3.05) is 40.3 Å². The number of hydrogen-bond donors (Lipinski definition) is 1. The molecule has 24 heavy (non-hydrogen) atoms. The molecule has 0 aliphatic heterocycles. The zero-order valence-corrected chi connectivity index (χ0v) is 16.6. The van der Waals surface area contributed by atoms with E-state index in [1.54, 1.807) is 0 Å². The number of thiazole rings is 1. The van der Waals surface area contributed by atoms with E-state index in [0.717, 1.165) is 45.1 Å². The molecule has 2 rings (SSSR count). The van der Waals surface area contributed by atoms with Gasteiger partial charge >= 0.3 is 0 Å². The Bertz CT molecular complexity index is 502. The van der Waals surface area contributed by atoms with E-state index in [0.29, 0.717) is 0 Å². The summed E-state index contributed by atoms with van der Waals surface area (Å²) >= 11 is 1.89. The van der Waals surface area contributed by atoms with Crippen LogP contribution in [0, 0.1) is 0 Å². The van der Waals surface area contributed by atoms with E-state index in [4.69, 9.17) is 4.98 Å². The molecule has 0 fully saturated rings. The molecule has 1 N–H and O–H groups in total. The van der Waals surface area contributed by atoms with Gasteiger partial charge in [-0.05, 0) is 45.2 Å². The fraction of sp³-hybridized carbons (Fsp3) is 0.778. The number of nitrogens with zero attached hydrogens (tertiary/aromatic N) is 4. The second-order valence-electron chi connectivity index (χ2n) is 6.45. The molecule has 0 aromatic carbocycles. The fourth-order valence-corrected chi connectivity index (χ4v) is 4.42. The molecule has 1 heterocycles. The van der Waals surface area contributed by atoms with Gasteiger partial charge in [-0.15, -0.1) is 11.3 Å². The number of hydrogen-bond acceptors (Lipinski definition) is 4. The van der Waals surface area contributed by atoms with Crippen molar-refractivity contribution in [3.8, 4) is 0 Å². The van der Waals surface area contributed by atoms with Crippen LogP contribution in [-0.2, 0) is 19.4 Å². The maximum atomic E-state index is 4.84. The Morgan fingerprint density at radius 3 is 2.71 bits per heavy atom. The zero-order valence-electron chi connectivity index (χ0n) is 15.8. The van der Waals surface area contributed by atoms with Crippen LogP contribution in [0.3, 0.4) is 0 Å². The third kappa shape index (κ3) is 5.45. The van der Waals surface area contributed by atoms with Crippen molar-refractivity contribution in [3.63, 3.8) is 0 Å². The Balaban J connectivity index is 1.82. The van der Waals surface area contributed by atoms with Gasteiger partial charge in [-0.2, -0.15) is 0 Å². The normalized spacial score (nSPS) is 14.8. The summed E-state index contributed by atoms with van der Waals surface area (Å²) in [6.45, 7) is 9.55. The van der Waals surface area contributed by atoms with Gasteiger partial charge in [0.25, 0.3) is 0 Å². The third-order valence-corrected chi connectivity index (χ3v) is 5.68. The highest BCUT2D eigenvalue weighted by Gasteiger charge is 2.16. The summed E-state index contributed by atoms with van der Waals surface area (Å²) in [5.41, 5.74) is 1.34. The second-order valence-corrected chi connectivity index (χ2v) is 7.62. The van der Waals surface area contributed by atoms with Gasteiger partial charge in [0.1, 0.15) is 5.01 Å². The van der Waals surface area contributed by atoms with Gasteiger partial charge in [0.2, 0.25) is 0 Å². The van der Waals surface area contributed by atoms with Crippen LogP contribution in [0.2, 0.25) is 0 Å². The molecule has 0 unspecified atom stereocenters. The lowest BCUT2D eigenvalue weighted by Crippen LogP contribution is -2.42. The molecule has 1 aromatic heterocycles. The van der Waals surface area contributed by atoms with E-state index in [9.17, 15) is 0 Å². The highest BCUT2D eigenvalue weighted by atomic mass is 32.1. The van der Waals surface area contributed by atoms with Crippen molar-refractivity contribution in [1.82, 2.24) is 20.1 Å². The van der Waals surface area contributed by atoms with Crippen molar-refractivity contribution >= 4 is 17.3 Å². The van der Waals surface area contributed by atoms with Gasteiger partial charge in [0.05, 0.1) is 12.2 Å². The highest BCUT2D eigenvalue weighted by molar-refractivity contribution is 7.11. The van der Waals surface area contributed by atoms with Crippen molar-refractivity contribution in [1.29, 1.82) is 0 Å². The predicted molar refractivity (Wildman–Crippen MR) is 104 cm³/mol. The lowest BCUT2D eigenvalue weighted by atomic mass is 10.0. The van der Waals surface area contributed by atoms with Gasteiger partial charge in [0, 0.05) is 32.1 Å². The summed E-state index contributed by atoms with van der Waals surface area (Å²) in [7, 11) is 3.95. The third-order valence-electron chi connectivity index (χ3n) is 4.53. The minimum atomic E-state index is 0.837. The molecule has 1 aliphatic rings. The second kappa shape index (κ2) is 9.99. The number of nitrogens with one attached hydrogen (secondary N) is 1. The predicted octanol–water partition coefficient (Wildman–Crippen LogP) is 2.76. The molecule has 0 saturated carbocycles. The number of rotatable bonds is 8. The number of aryl methyl sites for hydroxylation is 2. The molecule has 5 nitrogen and oxygen atoms in total. The number of likely N-dealkylation sites (N-methyl/N-ethyl adjacent to an activating group) is 1. The Morgan fingerprint density at radius 1 is 1.25 bits per heavy atom. The first-order valence-electron chi connectivity index (χ1n) is 9.29. The van der Waals surface area contributed by atoms with Gasteiger partial charge in [-0.3, -0.25) is 4.99 Å². The van der Waals surface area contributed by atoms with Crippen LogP contribution in [0.15, 0.2) is 4.99 Å². The van der Waals surface area contributed by atoms with Crippen LogP contribution in [0.25, 0.3) is 0 Å². The summed E-state index contributed by atoms with van der Waals surface area (Å²) in [5, 5.41) is 4.70. The molecule has 0 amide bonds. The topological polar surface area (TPSA) is 43.8 Å². The van der Waals surface area contributed by atoms with Crippen LogP contribution in [-0.4, -0.2) is 61.0 Å². The minimum Gasteiger partial charge on any atom is -0.355 e. The Hall–Kier alpha value is -1.14. The molecule has 136 valence electrons. The monoisotopic (exact) mass is 351 g/mol. The molecule has 6 heteroatoms. The first kappa shape index (κ1) is 19.2. The number of aromatic nitrogens is 1. The van der Waals surface area contributed by atoms with Crippen molar-refractivity contribution < 1.29 is 0 Å². The van der Waals surface area contributed by atoms with E-state index < -0.39 is 0 Å². The van der Waals surface area contributed by atoms with Crippen LogP contribution in [0.1, 0.15) is 48.7 Å². The maximum absolute atomic E-state index is 4.84. The van der Waals surface area contributed by atoms with Crippen LogP contribution in [0.5, 0.6) is 0 Å². The molecule has 1 aromatic rings. The molecule has 0 radical (unpaired) electrons. The molecule has 0 atom stereocenters. The smallest absolute Gasteiger partial charge is 0.193 e. The fourth-order valence-electron chi connectivity index (χ4n) is 3.21. The van der Waals surface area contributed by atoms with E-state index in [1.165, 1.54) is 41.3 Å². The molecular weight excluding hydrogens is 318 g/mol. The zero-order chi connectivity index (χ0) is 17.4. The largest absolute Gasteiger partial charge is 0.355 e. The first-order valence-corrected chi connectivity index (χ1v) is 10.1. The first-order chi connectivity index (χ1) is 11.7. The lowest BCUT2D eigenvalue weighted by molar-refractivity contribution is 0.291. The average Bonchev–Trinajstić information content (AvgIpc) is 2.99. The lowest BCUT2D eigenvalue weighted by Gasteiger charge is -2.24. The molecule has 0 saturated heterocycles. The van der Waals surface area contributed by atoms with E-state index >= 15 is 0 Å². The summed E-state index contributed by atoms with van der Waals surface area (Å²) in [6.07, 6.45) is 6.19. The summed E-state index contributed by atoms with van der Waals surface area (Å²) in [6, 6.07) is 0. The van der Waals surface area contributed by atoms with Gasteiger partial charge in [-0.25, -0.2) is 4.98 Å². The number of guanidine groups is 1. The van der Waals surface area contributed by atoms with Crippen molar-refractivity contribution in [2.45, 2.75) is 52.5 Å². The maximum Gasteiger partial charge on any atom is 0.193 e.